The van der Waals surface area contributed by atoms with Crippen LogP contribution in [0.4, 0.5) is 13.2 Å². The Morgan fingerprint density at radius 2 is 2.07 bits per heavy atom. The van der Waals surface area contributed by atoms with Crippen molar-refractivity contribution in [3.05, 3.63) is 24.6 Å². The van der Waals surface area contributed by atoms with Crippen LogP contribution in [0.5, 0.6) is 5.75 Å². The first-order valence-electron chi connectivity index (χ1n) is 3.13. The van der Waals surface area contributed by atoms with Crippen molar-refractivity contribution in [3.8, 4) is 5.75 Å². The second-order valence-electron chi connectivity index (χ2n) is 2.17. The molecule has 0 unspecified atom stereocenters. The minimum atomic E-state index is -4.80. The van der Waals surface area contributed by atoms with E-state index in [1.54, 1.807) is 0 Å². The van der Waals surface area contributed by atoms with Crippen LogP contribution in [-0.4, -0.2) is 11.3 Å². The molecule has 1 rings (SSSR count). The van der Waals surface area contributed by atoms with Crippen molar-refractivity contribution in [2.24, 2.45) is 0 Å². The molecule has 78 valence electrons. The standard InChI is InChI=1S/C6H2BrF3INO2/c7-3-1-2(14-6(8,9)10)4(11)5(13)12-3/h1H,(H,12,13). The van der Waals surface area contributed by atoms with Crippen molar-refractivity contribution < 1.29 is 17.9 Å². The molecule has 0 amide bonds. The number of H-pyrrole nitrogens is 1. The van der Waals surface area contributed by atoms with E-state index >= 15 is 0 Å². The summed E-state index contributed by atoms with van der Waals surface area (Å²) >= 11 is 4.32. The van der Waals surface area contributed by atoms with E-state index in [-0.39, 0.29) is 8.17 Å². The lowest BCUT2D eigenvalue weighted by atomic mass is 10.4. The lowest BCUT2D eigenvalue weighted by Gasteiger charge is -2.09. The summed E-state index contributed by atoms with van der Waals surface area (Å²) in [5.41, 5.74) is -0.640. The second kappa shape index (κ2) is 4.09. The summed E-state index contributed by atoms with van der Waals surface area (Å²) in [5, 5.41) is 0. The highest BCUT2D eigenvalue weighted by atomic mass is 127. The average Bonchev–Trinajstić information content (AvgIpc) is 1.96. The van der Waals surface area contributed by atoms with E-state index < -0.39 is 17.7 Å². The molecule has 0 aliphatic rings. The lowest BCUT2D eigenvalue weighted by Crippen LogP contribution is -2.21. The van der Waals surface area contributed by atoms with Crippen LogP contribution in [0.15, 0.2) is 15.5 Å². The highest BCUT2D eigenvalue weighted by molar-refractivity contribution is 14.1. The van der Waals surface area contributed by atoms with Crippen molar-refractivity contribution >= 4 is 38.5 Å². The van der Waals surface area contributed by atoms with Crippen LogP contribution in [-0.2, 0) is 0 Å². The van der Waals surface area contributed by atoms with E-state index in [1.165, 1.54) is 22.6 Å². The molecule has 1 N–H and O–H groups in total. The van der Waals surface area contributed by atoms with Crippen LogP contribution in [0, 0.1) is 3.57 Å². The van der Waals surface area contributed by atoms with Crippen molar-refractivity contribution in [3.63, 3.8) is 0 Å². The summed E-state index contributed by atoms with van der Waals surface area (Å²) < 4.78 is 39.1. The monoisotopic (exact) mass is 383 g/mol. The van der Waals surface area contributed by atoms with Gasteiger partial charge in [0.1, 0.15) is 3.57 Å². The molecule has 0 aromatic carbocycles. The molecule has 0 fully saturated rings. The van der Waals surface area contributed by atoms with Gasteiger partial charge in [-0.1, -0.05) is 0 Å². The fraction of sp³-hybridized carbons (Fsp3) is 0.167. The summed E-state index contributed by atoms with van der Waals surface area (Å²) in [5.74, 6) is -0.520. The Labute approximate surface area is 97.9 Å². The highest BCUT2D eigenvalue weighted by Crippen LogP contribution is 2.26. The Bertz CT molecular complexity index is 403. The number of rotatable bonds is 1. The number of alkyl halides is 3. The van der Waals surface area contributed by atoms with Gasteiger partial charge in [0.2, 0.25) is 0 Å². The average molecular weight is 384 g/mol. The van der Waals surface area contributed by atoms with Gasteiger partial charge in [-0.3, -0.25) is 4.79 Å². The number of pyridine rings is 1. The highest BCUT2D eigenvalue weighted by Gasteiger charge is 2.32. The molecule has 14 heavy (non-hydrogen) atoms. The summed E-state index contributed by atoms with van der Waals surface area (Å²) in [6, 6.07) is 1.04. The Kier molecular flexibility index (Phi) is 3.45. The minimum absolute atomic E-state index is 0.127. The van der Waals surface area contributed by atoms with Crippen LogP contribution in [0.2, 0.25) is 0 Å². The van der Waals surface area contributed by atoms with Crippen LogP contribution in [0.25, 0.3) is 0 Å². The number of ether oxygens (including phenoxy) is 1. The van der Waals surface area contributed by atoms with Crippen LogP contribution >= 0.6 is 38.5 Å². The van der Waals surface area contributed by atoms with E-state index in [0.717, 1.165) is 6.07 Å². The summed E-state index contributed by atoms with van der Waals surface area (Å²) in [6.45, 7) is 0. The topological polar surface area (TPSA) is 42.1 Å². The Morgan fingerprint density at radius 3 is 2.57 bits per heavy atom. The molecule has 0 radical (unpaired) electrons. The number of aromatic nitrogens is 1. The molecule has 0 spiro atoms. The third kappa shape index (κ3) is 3.15. The van der Waals surface area contributed by atoms with Crippen molar-refractivity contribution in [2.45, 2.75) is 6.36 Å². The first kappa shape index (κ1) is 11.8. The number of halogens is 5. The zero-order chi connectivity index (χ0) is 10.9. The summed E-state index contributed by atoms with van der Waals surface area (Å²) in [6.07, 6.45) is -4.80. The lowest BCUT2D eigenvalue weighted by molar-refractivity contribution is -0.275. The molecular weight excluding hydrogens is 382 g/mol. The molecule has 1 aromatic heterocycles. The zero-order valence-electron chi connectivity index (χ0n) is 6.28. The quantitative estimate of drug-likeness (QED) is 0.598. The molecular formula is C6H2BrF3INO2. The van der Waals surface area contributed by atoms with Gasteiger partial charge in [-0.05, 0) is 38.5 Å². The third-order valence-electron chi connectivity index (χ3n) is 1.13. The second-order valence-corrected chi connectivity index (χ2v) is 4.11. The van der Waals surface area contributed by atoms with E-state index in [9.17, 15) is 18.0 Å². The molecule has 1 aromatic rings. The predicted octanol–water partition coefficient (Wildman–Crippen LogP) is 2.64. The zero-order valence-corrected chi connectivity index (χ0v) is 10.0. The third-order valence-corrected chi connectivity index (χ3v) is 2.58. The van der Waals surface area contributed by atoms with E-state index in [0.29, 0.717) is 0 Å². The van der Waals surface area contributed by atoms with Gasteiger partial charge in [0, 0.05) is 6.07 Å². The Balaban J connectivity index is 3.15. The van der Waals surface area contributed by atoms with E-state index in [1.807, 2.05) is 0 Å². The fourth-order valence-electron chi connectivity index (χ4n) is 0.689. The first-order valence-corrected chi connectivity index (χ1v) is 5.01. The van der Waals surface area contributed by atoms with Crippen LogP contribution in [0.3, 0.4) is 0 Å². The summed E-state index contributed by atoms with van der Waals surface area (Å²) in [4.78, 5) is 13.3. The summed E-state index contributed by atoms with van der Waals surface area (Å²) in [7, 11) is 0. The molecule has 3 nitrogen and oxygen atoms in total. The maximum absolute atomic E-state index is 11.8. The number of nitrogens with one attached hydrogen (secondary N) is 1. The smallest absolute Gasteiger partial charge is 0.404 e. The van der Waals surface area contributed by atoms with Gasteiger partial charge >= 0.3 is 6.36 Å². The van der Waals surface area contributed by atoms with Gasteiger partial charge in [0.05, 0.1) is 4.60 Å². The van der Waals surface area contributed by atoms with Gasteiger partial charge in [0.15, 0.2) is 5.75 Å². The Hall–Kier alpha value is -0.250. The molecule has 0 aliphatic heterocycles. The maximum Gasteiger partial charge on any atom is 0.573 e. The largest absolute Gasteiger partial charge is 0.573 e. The van der Waals surface area contributed by atoms with Crippen molar-refractivity contribution in [1.29, 1.82) is 0 Å². The van der Waals surface area contributed by atoms with Crippen LogP contribution in [0.1, 0.15) is 0 Å². The SMILES string of the molecule is O=c1[nH]c(Br)cc(OC(F)(F)F)c1I. The van der Waals surface area contributed by atoms with Gasteiger partial charge in [0.25, 0.3) is 5.56 Å². The molecule has 0 bridgehead atoms. The maximum atomic E-state index is 11.8. The van der Waals surface area contributed by atoms with Gasteiger partial charge in [-0.25, -0.2) is 0 Å². The Morgan fingerprint density at radius 1 is 1.50 bits per heavy atom. The first-order chi connectivity index (χ1) is 6.29. The minimum Gasteiger partial charge on any atom is -0.404 e. The number of hydrogen-bond acceptors (Lipinski definition) is 2. The van der Waals surface area contributed by atoms with Crippen molar-refractivity contribution in [2.75, 3.05) is 0 Å². The van der Waals surface area contributed by atoms with E-state index in [4.69, 9.17) is 0 Å². The molecule has 8 heteroatoms. The number of hydrogen-bond donors (Lipinski definition) is 1. The molecule has 0 saturated heterocycles. The predicted molar refractivity (Wildman–Crippen MR) is 54.2 cm³/mol. The molecule has 0 aliphatic carbocycles. The fourth-order valence-corrected chi connectivity index (χ4v) is 1.48. The normalized spacial score (nSPS) is 11.5. The van der Waals surface area contributed by atoms with Crippen molar-refractivity contribution in [1.82, 2.24) is 4.98 Å². The van der Waals surface area contributed by atoms with Crippen LogP contribution < -0.4 is 10.3 Å². The van der Waals surface area contributed by atoms with Gasteiger partial charge in [-0.15, -0.1) is 13.2 Å². The van der Waals surface area contributed by atoms with Gasteiger partial charge < -0.3 is 9.72 Å². The van der Waals surface area contributed by atoms with E-state index in [2.05, 4.69) is 25.7 Å². The molecule has 0 saturated carbocycles. The van der Waals surface area contributed by atoms with Gasteiger partial charge in [-0.2, -0.15) is 0 Å². The molecule has 0 atom stereocenters. The molecule has 1 heterocycles. The number of aromatic amines is 1.